The first-order chi connectivity index (χ1) is 7.15. The molecule has 15 heavy (non-hydrogen) atoms. The predicted octanol–water partition coefficient (Wildman–Crippen LogP) is 2.71. The fourth-order valence-electron chi connectivity index (χ4n) is 1.24. The molecule has 0 amide bonds. The second-order valence-electron chi connectivity index (χ2n) is 3.39. The second kappa shape index (κ2) is 6.20. The molecule has 0 saturated heterocycles. The first kappa shape index (κ1) is 12.6. The Morgan fingerprint density at radius 2 is 2.27 bits per heavy atom. The van der Waals surface area contributed by atoms with E-state index >= 15 is 0 Å². The Kier molecular flexibility index (Phi) is 5.22. The zero-order valence-electron chi connectivity index (χ0n) is 8.89. The van der Waals surface area contributed by atoms with Gasteiger partial charge in [-0.15, -0.1) is 0 Å². The van der Waals surface area contributed by atoms with Crippen LogP contribution in [0.3, 0.4) is 0 Å². The number of halogens is 2. The van der Waals surface area contributed by atoms with E-state index in [0.717, 1.165) is 12.1 Å². The van der Waals surface area contributed by atoms with Gasteiger partial charge >= 0.3 is 0 Å². The van der Waals surface area contributed by atoms with Gasteiger partial charge in [0.1, 0.15) is 5.82 Å². The number of rotatable bonds is 5. The van der Waals surface area contributed by atoms with E-state index in [2.05, 4.69) is 21.2 Å². The van der Waals surface area contributed by atoms with Crippen molar-refractivity contribution < 1.29 is 9.13 Å². The van der Waals surface area contributed by atoms with Crippen LogP contribution < -0.4 is 5.32 Å². The molecule has 1 N–H and O–H groups in total. The molecule has 0 aromatic heterocycles. The molecule has 0 saturated carbocycles. The molecular formula is C11H15BrFNO. The summed E-state index contributed by atoms with van der Waals surface area (Å²) in [5.41, 5.74) is 0.831. The monoisotopic (exact) mass is 275 g/mol. The summed E-state index contributed by atoms with van der Waals surface area (Å²) in [6.07, 6.45) is 0.116. The minimum atomic E-state index is -0.252. The van der Waals surface area contributed by atoms with E-state index in [4.69, 9.17) is 4.74 Å². The van der Waals surface area contributed by atoms with Crippen LogP contribution in [0, 0.1) is 5.82 Å². The molecule has 0 radical (unpaired) electrons. The van der Waals surface area contributed by atoms with Gasteiger partial charge in [-0.2, -0.15) is 0 Å². The Hall–Kier alpha value is -0.450. The van der Waals surface area contributed by atoms with Gasteiger partial charge in [-0.3, -0.25) is 0 Å². The highest BCUT2D eigenvalue weighted by Crippen LogP contribution is 2.21. The fourth-order valence-corrected chi connectivity index (χ4v) is 1.62. The summed E-state index contributed by atoms with van der Waals surface area (Å²) in [6, 6.07) is 4.95. The topological polar surface area (TPSA) is 21.3 Å². The van der Waals surface area contributed by atoms with Gasteiger partial charge in [0.15, 0.2) is 0 Å². The van der Waals surface area contributed by atoms with Crippen LogP contribution in [0.25, 0.3) is 0 Å². The number of hydrogen-bond donors (Lipinski definition) is 1. The third kappa shape index (κ3) is 3.89. The molecule has 1 atom stereocenters. The first-order valence-corrected chi connectivity index (χ1v) is 5.63. The number of ether oxygens (including phenoxy) is 1. The highest BCUT2D eigenvalue weighted by Gasteiger charge is 2.07. The highest BCUT2D eigenvalue weighted by atomic mass is 79.9. The van der Waals surface area contributed by atoms with Crippen molar-refractivity contribution in [2.45, 2.75) is 19.6 Å². The summed E-state index contributed by atoms with van der Waals surface area (Å²) < 4.78 is 19.2. The van der Waals surface area contributed by atoms with Crippen molar-refractivity contribution in [2.24, 2.45) is 0 Å². The molecule has 0 bridgehead atoms. The van der Waals surface area contributed by atoms with Gasteiger partial charge in [0.25, 0.3) is 0 Å². The summed E-state index contributed by atoms with van der Waals surface area (Å²) in [7, 11) is 1.87. The SMILES string of the molecule is CNCC(C)OCc1cccc(F)c1Br. The lowest BCUT2D eigenvalue weighted by atomic mass is 10.2. The molecule has 0 aliphatic heterocycles. The molecule has 84 valence electrons. The molecule has 1 aromatic carbocycles. The standard InChI is InChI=1S/C11H15BrFNO/c1-8(6-14-2)15-7-9-4-3-5-10(13)11(9)12/h3-5,8,14H,6-7H2,1-2H3. The molecule has 1 rings (SSSR count). The minimum absolute atomic E-state index is 0.116. The third-order valence-electron chi connectivity index (χ3n) is 2.05. The number of nitrogens with one attached hydrogen (secondary N) is 1. The number of hydrogen-bond acceptors (Lipinski definition) is 2. The van der Waals surface area contributed by atoms with Gasteiger partial charge < -0.3 is 10.1 Å². The van der Waals surface area contributed by atoms with Crippen LogP contribution in [-0.4, -0.2) is 19.7 Å². The van der Waals surface area contributed by atoms with E-state index in [0.29, 0.717) is 11.1 Å². The van der Waals surface area contributed by atoms with Gasteiger partial charge in [-0.25, -0.2) is 4.39 Å². The van der Waals surface area contributed by atoms with Crippen molar-refractivity contribution in [2.75, 3.05) is 13.6 Å². The molecule has 0 fully saturated rings. The second-order valence-corrected chi connectivity index (χ2v) is 4.19. The van der Waals surface area contributed by atoms with Gasteiger partial charge in [0, 0.05) is 6.54 Å². The molecule has 0 spiro atoms. The van der Waals surface area contributed by atoms with Gasteiger partial charge in [-0.1, -0.05) is 12.1 Å². The number of benzene rings is 1. The zero-order chi connectivity index (χ0) is 11.3. The molecule has 4 heteroatoms. The molecule has 1 aromatic rings. The minimum Gasteiger partial charge on any atom is -0.372 e. The Bertz CT molecular complexity index is 319. The Balaban J connectivity index is 2.54. The zero-order valence-corrected chi connectivity index (χ0v) is 10.5. The van der Waals surface area contributed by atoms with E-state index in [9.17, 15) is 4.39 Å². The van der Waals surface area contributed by atoms with E-state index in [1.54, 1.807) is 6.07 Å². The summed E-state index contributed by atoms with van der Waals surface area (Å²) in [5, 5.41) is 3.02. The van der Waals surface area contributed by atoms with Gasteiger partial charge in [0.05, 0.1) is 17.2 Å². The molecule has 0 heterocycles. The summed E-state index contributed by atoms with van der Waals surface area (Å²) in [6.45, 7) is 3.18. The van der Waals surface area contributed by atoms with Gasteiger partial charge in [-0.05, 0) is 41.5 Å². The fraction of sp³-hybridized carbons (Fsp3) is 0.455. The molecule has 2 nitrogen and oxygen atoms in total. The van der Waals surface area contributed by atoms with Gasteiger partial charge in [0.2, 0.25) is 0 Å². The summed E-state index contributed by atoms with van der Waals surface area (Å²) in [4.78, 5) is 0. The summed E-state index contributed by atoms with van der Waals surface area (Å²) in [5.74, 6) is -0.252. The third-order valence-corrected chi connectivity index (χ3v) is 2.93. The molecule has 1 unspecified atom stereocenters. The van der Waals surface area contributed by atoms with Crippen molar-refractivity contribution >= 4 is 15.9 Å². The largest absolute Gasteiger partial charge is 0.372 e. The lowest BCUT2D eigenvalue weighted by molar-refractivity contribution is 0.0540. The van der Waals surface area contributed by atoms with Crippen LogP contribution >= 0.6 is 15.9 Å². The van der Waals surface area contributed by atoms with Crippen LogP contribution in [-0.2, 0) is 11.3 Å². The van der Waals surface area contributed by atoms with Crippen LogP contribution in [0.4, 0.5) is 4.39 Å². The van der Waals surface area contributed by atoms with Crippen LogP contribution in [0.5, 0.6) is 0 Å². The highest BCUT2D eigenvalue weighted by molar-refractivity contribution is 9.10. The van der Waals surface area contributed by atoms with Crippen LogP contribution in [0.15, 0.2) is 22.7 Å². The van der Waals surface area contributed by atoms with Crippen molar-refractivity contribution in [3.8, 4) is 0 Å². The average Bonchev–Trinajstić information content (AvgIpc) is 2.21. The van der Waals surface area contributed by atoms with Crippen LogP contribution in [0.2, 0.25) is 0 Å². The van der Waals surface area contributed by atoms with E-state index in [1.165, 1.54) is 6.07 Å². The van der Waals surface area contributed by atoms with Crippen LogP contribution in [0.1, 0.15) is 12.5 Å². The average molecular weight is 276 g/mol. The normalized spacial score (nSPS) is 12.8. The molecule has 0 aliphatic carbocycles. The smallest absolute Gasteiger partial charge is 0.137 e. The van der Waals surface area contributed by atoms with Crippen molar-refractivity contribution in [3.63, 3.8) is 0 Å². The maximum absolute atomic E-state index is 13.1. The molecular weight excluding hydrogens is 261 g/mol. The Labute approximate surface area is 98.0 Å². The lowest BCUT2D eigenvalue weighted by Gasteiger charge is -2.13. The number of likely N-dealkylation sites (N-methyl/N-ethyl adjacent to an activating group) is 1. The maximum atomic E-state index is 13.1. The lowest BCUT2D eigenvalue weighted by Crippen LogP contribution is -2.23. The van der Waals surface area contributed by atoms with E-state index in [-0.39, 0.29) is 11.9 Å². The van der Waals surface area contributed by atoms with E-state index in [1.807, 2.05) is 20.0 Å². The van der Waals surface area contributed by atoms with Crippen molar-refractivity contribution in [3.05, 3.63) is 34.1 Å². The maximum Gasteiger partial charge on any atom is 0.137 e. The van der Waals surface area contributed by atoms with Crippen molar-refractivity contribution in [1.82, 2.24) is 5.32 Å². The summed E-state index contributed by atoms with van der Waals surface area (Å²) >= 11 is 3.20. The first-order valence-electron chi connectivity index (χ1n) is 4.84. The predicted molar refractivity (Wildman–Crippen MR) is 62.3 cm³/mol. The Morgan fingerprint density at radius 3 is 2.93 bits per heavy atom. The van der Waals surface area contributed by atoms with E-state index < -0.39 is 0 Å². The Morgan fingerprint density at radius 1 is 1.53 bits per heavy atom. The van der Waals surface area contributed by atoms with Crippen molar-refractivity contribution in [1.29, 1.82) is 0 Å². The quantitative estimate of drug-likeness (QED) is 0.892. The molecule has 0 aliphatic rings.